The van der Waals surface area contributed by atoms with Gasteiger partial charge in [0.25, 0.3) is 0 Å². The third-order valence-corrected chi connectivity index (χ3v) is 3.54. The van der Waals surface area contributed by atoms with Gasteiger partial charge in [-0.2, -0.15) is 10.2 Å². The molecule has 84 valence electrons. The SMILES string of the molecule is CC1(C)O[C@@H]2[C@H](O1)[C@H]1CCCC[C@@H]2N=N1. The van der Waals surface area contributed by atoms with Gasteiger partial charge in [-0.1, -0.05) is 12.8 Å². The van der Waals surface area contributed by atoms with E-state index in [2.05, 4.69) is 10.2 Å². The molecule has 0 spiro atoms. The van der Waals surface area contributed by atoms with Crippen LogP contribution < -0.4 is 0 Å². The molecule has 1 saturated carbocycles. The monoisotopic (exact) mass is 210 g/mol. The summed E-state index contributed by atoms with van der Waals surface area (Å²) in [7, 11) is 0. The standard InChI is InChI=1S/C11H18N2O2/c1-11(2)14-9-7-5-3-4-6-8(13-12-7)10(9)15-11/h7-10H,3-6H2,1-2H3/t7-,8+,9-,10+. The highest BCUT2D eigenvalue weighted by Crippen LogP contribution is 2.40. The lowest BCUT2D eigenvalue weighted by Crippen LogP contribution is -2.45. The van der Waals surface area contributed by atoms with Crippen molar-refractivity contribution >= 4 is 0 Å². The molecule has 0 radical (unpaired) electrons. The minimum Gasteiger partial charge on any atom is -0.342 e. The first-order valence-corrected chi connectivity index (χ1v) is 5.91. The van der Waals surface area contributed by atoms with E-state index in [1.165, 1.54) is 12.8 Å². The van der Waals surface area contributed by atoms with Crippen LogP contribution in [0.5, 0.6) is 0 Å². The zero-order valence-corrected chi connectivity index (χ0v) is 9.35. The normalized spacial score (nSPS) is 47.3. The minimum atomic E-state index is -0.453. The molecule has 3 rings (SSSR count). The van der Waals surface area contributed by atoms with Crippen LogP contribution in [0.4, 0.5) is 0 Å². The van der Waals surface area contributed by atoms with Crippen molar-refractivity contribution in [2.75, 3.05) is 0 Å². The number of hydrogen-bond donors (Lipinski definition) is 0. The van der Waals surface area contributed by atoms with Crippen molar-refractivity contribution in [2.45, 2.75) is 69.6 Å². The lowest BCUT2D eigenvalue weighted by atomic mass is 9.88. The number of ether oxygens (including phenoxy) is 2. The Balaban J connectivity index is 1.90. The van der Waals surface area contributed by atoms with Crippen LogP contribution in [0.2, 0.25) is 0 Å². The van der Waals surface area contributed by atoms with Crippen molar-refractivity contribution in [1.29, 1.82) is 0 Å². The Morgan fingerprint density at radius 1 is 0.933 bits per heavy atom. The fraction of sp³-hybridized carbons (Fsp3) is 1.00. The number of rotatable bonds is 0. The largest absolute Gasteiger partial charge is 0.342 e. The van der Waals surface area contributed by atoms with Crippen LogP contribution in [0.1, 0.15) is 39.5 Å². The Hall–Kier alpha value is -0.480. The van der Waals surface area contributed by atoms with E-state index in [9.17, 15) is 0 Å². The molecule has 4 nitrogen and oxygen atoms in total. The molecule has 0 aromatic heterocycles. The molecule has 2 bridgehead atoms. The topological polar surface area (TPSA) is 43.2 Å². The van der Waals surface area contributed by atoms with E-state index in [0.717, 1.165) is 12.8 Å². The van der Waals surface area contributed by atoms with Crippen LogP contribution >= 0.6 is 0 Å². The summed E-state index contributed by atoms with van der Waals surface area (Å²) in [6.45, 7) is 3.97. The van der Waals surface area contributed by atoms with Crippen LogP contribution in [-0.4, -0.2) is 30.1 Å². The molecule has 1 saturated heterocycles. The molecule has 0 aromatic carbocycles. The zero-order valence-electron chi connectivity index (χ0n) is 9.35. The molecule has 0 unspecified atom stereocenters. The quantitative estimate of drug-likeness (QED) is 0.615. The first-order chi connectivity index (χ1) is 7.16. The van der Waals surface area contributed by atoms with Gasteiger partial charge in [0.15, 0.2) is 5.79 Å². The summed E-state index contributed by atoms with van der Waals surface area (Å²) in [5.74, 6) is -0.453. The van der Waals surface area contributed by atoms with Gasteiger partial charge in [0.05, 0.1) is 12.1 Å². The fourth-order valence-electron chi connectivity index (χ4n) is 2.87. The molecule has 3 aliphatic rings. The molecule has 4 atom stereocenters. The molecule has 0 amide bonds. The van der Waals surface area contributed by atoms with Crippen LogP contribution in [-0.2, 0) is 9.47 Å². The maximum absolute atomic E-state index is 5.95. The lowest BCUT2D eigenvalue weighted by molar-refractivity contribution is -0.147. The Bertz CT molecular complexity index is 264. The molecule has 4 heteroatoms. The van der Waals surface area contributed by atoms with Crippen molar-refractivity contribution < 1.29 is 9.47 Å². The van der Waals surface area contributed by atoms with E-state index >= 15 is 0 Å². The lowest BCUT2D eigenvalue weighted by Gasteiger charge is -2.33. The number of hydrogen-bond acceptors (Lipinski definition) is 4. The minimum absolute atomic E-state index is 0.141. The van der Waals surface area contributed by atoms with Gasteiger partial charge in [-0.25, -0.2) is 0 Å². The van der Waals surface area contributed by atoms with E-state index in [4.69, 9.17) is 9.47 Å². The highest BCUT2D eigenvalue weighted by atomic mass is 16.8. The van der Waals surface area contributed by atoms with E-state index < -0.39 is 5.79 Å². The van der Waals surface area contributed by atoms with Crippen LogP contribution in [0.15, 0.2) is 10.2 Å². The average molecular weight is 210 g/mol. The summed E-state index contributed by atoms with van der Waals surface area (Å²) in [4.78, 5) is 0. The summed E-state index contributed by atoms with van der Waals surface area (Å²) in [5.41, 5.74) is 0. The van der Waals surface area contributed by atoms with E-state index in [-0.39, 0.29) is 24.3 Å². The van der Waals surface area contributed by atoms with Crippen LogP contribution in [0, 0.1) is 0 Å². The zero-order chi connectivity index (χ0) is 10.5. The second-order valence-corrected chi connectivity index (χ2v) is 5.21. The molecule has 0 N–H and O–H groups in total. The average Bonchev–Trinajstić information content (AvgIpc) is 2.41. The first-order valence-electron chi connectivity index (χ1n) is 5.91. The maximum Gasteiger partial charge on any atom is 0.163 e. The predicted octanol–water partition coefficient (Wildman–Crippen LogP) is 2.28. The Morgan fingerprint density at radius 2 is 1.40 bits per heavy atom. The predicted molar refractivity (Wildman–Crippen MR) is 54.7 cm³/mol. The third-order valence-electron chi connectivity index (χ3n) is 3.54. The van der Waals surface area contributed by atoms with Crippen LogP contribution in [0.25, 0.3) is 0 Å². The van der Waals surface area contributed by atoms with Crippen LogP contribution in [0.3, 0.4) is 0 Å². The molecule has 2 heterocycles. The van der Waals surface area contributed by atoms with Crippen molar-refractivity contribution in [2.24, 2.45) is 10.2 Å². The van der Waals surface area contributed by atoms with Gasteiger partial charge >= 0.3 is 0 Å². The van der Waals surface area contributed by atoms with Crippen molar-refractivity contribution in [3.05, 3.63) is 0 Å². The van der Waals surface area contributed by atoms with Crippen molar-refractivity contribution in [3.63, 3.8) is 0 Å². The van der Waals surface area contributed by atoms with Crippen molar-refractivity contribution in [1.82, 2.24) is 0 Å². The van der Waals surface area contributed by atoms with Gasteiger partial charge < -0.3 is 9.47 Å². The summed E-state index contributed by atoms with van der Waals surface area (Å²) >= 11 is 0. The summed E-state index contributed by atoms with van der Waals surface area (Å²) < 4.78 is 11.9. The molecular weight excluding hydrogens is 192 g/mol. The number of azo groups is 1. The van der Waals surface area contributed by atoms with Gasteiger partial charge in [-0.05, 0) is 26.7 Å². The van der Waals surface area contributed by atoms with E-state index in [1.54, 1.807) is 0 Å². The first kappa shape index (κ1) is 9.73. The smallest absolute Gasteiger partial charge is 0.163 e. The second kappa shape index (κ2) is 3.25. The highest BCUT2D eigenvalue weighted by Gasteiger charge is 2.51. The second-order valence-electron chi connectivity index (χ2n) is 5.21. The molecule has 1 aliphatic carbocycles. The van der Waals surface area contributed by atoms with Gasteiger partial charge in [0, 0.05) is 0 Å². The van der Waals surface area contributed by atoms with E-state index in [1.807, 2.05) is 13.8 Å². The molecule has 0 aromatic rings. The van der Waals surface area contributed by atoms with E-state index in [0.29, 0.717) is 0 Å². The fourth-order valence-corrected chi connectivity index (χ4v) is 2.87. The van der Waals surface area contributed by atoms with Gasteiger partial charge in [0.2, 0.25) is 0 Å². The number of nitrogens with zero attached hydrogens (tertiary/aromatic N) is 2. The molecule has 15 heavy (non-hydrogen) atoms. The Morgan fingerprint density at radius 3 is 1.87 bits per heavy atom. The summed E-state index contributed by atoms with van der Waals surface area (Å²) in [6, 6.07) is 0.460. The highest BCUT2D eigenvalue weighted by molar-refractivity contribution is 5.00. The van der Waals surface area contributed by atoms with Gasteiger partial charge in [-0.3, -0.25) is 0 Å². The molecular formula is C11H18N2O2. The maximum atomic E-state index is 5.95. The Labute approximate surface area is 90.0 Å². The Kier molecular flexibility index (Phi) is 2.11. The summed E-state index contributed by atoms with van der Waals surface area (Å²) in [5, 5.41) is 8.76. The van der Waals surface area contributed by atoms with Crippen molar-refractivity contribution in [3.8, 4) is 0 Å². The summed E-state index contributed by atoms with van der Waals surface area (Å²) in [6.07, 6.45) is 4.96. The third kappa shape index (κ3) is 1.60. The van der Waals surface area contributed by atoms with Gasteiger partial charge in [0.1, 0.15) is 12.2 Å². The van der Waals surface area contributed by atoms with Gasteiger partial charge in [-0.15, -0.1) is 0 Å². The molecule has 2 aliphatic heterocycles. The molecule has 2 fully saturated rings.